The number of aliphatic carboxylic acids is 1. The van der Waals surface area contributed by atoms with E-state index < -0.39 is 15.8 Å². The van der Waals surface area contributed by atoms with Crippen LogP contribution in [0, 0.1) is 0 Å². The van der Waals surface area contributed by atoms with Gasteiger partial charge in [0.25, 0.3) is 0 Å². The largest absolute Gasteiger partial charge is 0.481 e. The molecular formula is C10H16N2O4S. The Labute approximate surface area is 100 Å². The van der Waals surface area contributed by atoms with Gasteiger partial charge in [0.1, 0.15) is 0 Å². The quantitative estimate of drug-likeness (QED) is 0.798. The average molecular weight is 260 g/mol. The van der Waals surface area contributed by atoms with E-state index >= 15 is 0 Å². The summed E-state index contributed by atoms with van der Waals surface area (Å²) in [6, 6.07) is 1.73. The number of carboxylic acids is 1. The van der Waals surface area contributed by atoms with E-state index in [-0.39, 0.29) is 17.9 Å². The zero-order valence-electron chi connectivity index (χ0n) is 9.88. The first-order valence-electron chi connectivity index (χ1n) is 5.28. The maximum atomic E-state index is 11.6. The number of hydrogen-bond acceptors (Lipinski definition) is 4. The fourth-order valence-corrected chi connectivity index (χ4v) is 2.77. The number of nitrogens with zero attached hydrogens (tertiary/aromatic N) is 2. The summed E-state index contributed by atoms with van der Waals surface area (Å²) in [6.07, 6.45) is 0.379. The Kier molecular flexibility index (Phi) is 4.28. The SMILES string of the molecule is CCc1cc(CS(=O)(=O)CCC(=O)O)n(C)n1. The third-order valence-corrected chi connectivity index (χ3v) is 3.95. The molecule has 0 aromatic carbocycles. The van der Waals surface area contributed by atoms with Crippen LogP contribution in [0.25, 0.3) is 0 Å². The second-order valence-corrected chi connectivity index (χ2v) is 6.02. The minimum absolute atomic E-state index is 0.163. The predicted octanol–water partition coefficient (Wildman–Crippen LogP) is 0.372. The Morgan fingerprint density at radius 3 is 2.65 bits per heavy atom. The van der Waals surface area contributed by atoms with E-state index in [1.54, 1.807) is 13.1 Å². The van der Waals surface area contributed by atoms with Gasteiger partial charge in [0.2, 0.25) is 0 Å². The molecule has 1 aromatic heterocycles. The summed E-state index contributed by atoms with van der Waals surface area (Å²) >= 11 is 0. The van der Waals surface area contributed by atoms with Crippen molar-refractivity contribution in [1.82, 2.24) is 9.78 Å². The molecule has 96 valence electrons. The minimum atomic E-state index is -3.39. The Bertz CT molecular complexity index is 504. The second kappa shape index (κ2) is 5.31. The molecule has 0 radical (unpaired) electrons. The first kappa shape index (κ1) is 13.7. The van der Waals surface area contributed by atoms with Crippen LogP contribution < -0.4 is 0 Å². The molecule has 1 aromatic rings. The molecule has 1 rings (SSSR count). The number of carboxylic acid groups (broad SMARTS) is 1. The Morgan fingerprint density at radius 2 is 2.18 bits per heavy atom. The number of aryl methyl sites for hydroxylation is 2. The van der Waals surface area contributed by atoms with E-state index in [0.717, 1.165) is 12.1 Å². The van der Waals surface area contributed by atoms with Crippen LogP contribution in [-0.4, -0.2) is 35.0 Å². The number of aromatic nitrogens is 2. The molecule has 0 spiro atoms. The van der Waals surface area contributed by atoms with Crippen LogP contribution in [0.5, 0.6) is 0 Å². The Balaban J connectivity index is 2.75. The molecule has 0 fully saturated rings. The van der Waals surface area contributed by atoms with Crippen molar-refractivity contribution in [3.05, 3.63) is 17.5 Å². The maximum absolute atomic E-state index is 11.6. The lowest BCUT2D eigenvalue weighted by Crippen LogP contribution is -2.14. The van der Waals surface area contributed by atoms with Gasteiger partial charge in [0.05, 0.1) is 29.3 Å². The summed E-state index contributed by atoms with van der Waals surface area (Å²) in [5.74, 6) is -1.61. The van der Waals surface area contributed by atoms with Gasteiger partial charge in [-0.15, -0.1) is 0 Å². The smallest absolute Gasteiger partial charge is 0.304 e. The molecule has 0 aliphatic carbocycles. The average Bonchev–Trinajstić information content (AvgIpc) is 2.56. The van der Waals surface area contributed by atoms with Crippen molar-refractivity contribution in [2.75, 3.05) is 5.75 Å². The summed E-state index contributed by atoms with van der Waals surface area (Å²) in [6.45, 7) is 1.94. The van der Waals surface area contributed by atoms with E-state index in [4.69, 9.17) is 5.11 Å². The molecule has 0 atom stereocenters. The van der Waals surface area contributed by atoms with Gasteiger partial charge in [0.15, 0.2) is 9.84 Å². The van der Waals surface area contributed by atoms with Crippen molar-refractivity contribution in [1.29, 1.82) is 0 Å². The highest BCUT2D eigenvalue weighted by Gasteiger charge is 2.17. The summed E-state index contributed by atoms with van der Waals surface area (Å²) in [4.78, 5) is 10.3. The second-order valence-electron chi connectivity index (χ2n) is 3.84. The van der Waals surface area contributed by atoms with E-state index in [0.29, 0.717) is 5.69 Å². The molecule has 17 heavy (non-hydrogen) atoms. The van der Waals surface area contributed by atoms with Crippen LogP contribution in [0.3, 0.4) is 0 Å². The predicted molar refractivity (Wildman–Crippen MR) is 62.3 cm³/mol. The van der Waals surface area contributed by atoms with Crippen molar-refractivity contribution in [2.45, 2.75) is 25.5 Å². The van der Waals surface area contributed by atoms with E-state index in [1.165, 1.54) is 4.68 Å². The molecule has 0 amide bonds. The standard InChI is InChI=1S/C10H16N2O4S/c1-3-8-6-9(12(2)11-8)7-17(15,16)5-4-10(13)14/h6H,3-5,7H2,1-2H3,(H,13,14). The topological polar surface area (TPSA) is 89.3 Å². The van der Waals surface area contributed by atoms with Gasteiger partial charge in [-0.05, 0) is 12.5 Å². The number of rotatable bonds is 6. The summed E-state index contributed by atoms with van der Waals surface area (Å²) < 4.78 is 24.8. The number of sulfone groups is 1. The summed E-state index contributed by atoms with van der Waals surface area (Å²) in [5.41, 5.74) is 1.42. The Morgan fingerprint density at radius 1 is 1.53 bits per heavy atom. The molecule has 1 heterocycles. The van der Waals surface area contributed by atoms with Gasteiger partial charge in [0, 0.05) is 7.05 Å². The normalized spacial score (nSPS) is 11.6. The van der Waals surface area contributed by atoms with Crippen LogP contribution >= 0.6 is 0 Å². The lowest BCUT2D eigenvalue weighted by Gasteiger charge is -2.02. The van der Waals surface area contributed by atoms with Gasteiger partial charge in [-0.2, -0.15) is 5.10 Å². The zero-order chi connectivity index (χ0) is 13.1. The van der Waals surface area contributed by atoms with E-state index in [9.17, 15) is 13.2 Å². The lowest BCUT2D eigenvalue weighted by atomic mass is 10.3. The van der Waals surface area contributed by atoms with E-state index in [1.807, 2.05) is 6.92 Å². The third-order valence-electron chi connectivity index (χ3n) is 2.38. The van der Waals surface area contributed by atoms with Crippen LogP contribution in [0.4, 0.5) is 0 Å². The highest BCUT2D eigenvalue weighted by molar-refractivity contribution is 7.90. The van der Waals surface area contributed by atoms with Crippen LogP contribution in [0.15, 0.2) is 6.07 Å². The Hall–Kier alpha value is -1.37. The molecule has 0 unspecified atom stereocenters. The minimum Gasteiger partial charge on any atom is -0.481 e. The molecule has 0 aliphatic rings. The van der Waals surface area contributed by atoms with Crippen LogP contribution in [0.2, 0.25) is 0 Å². The monoisotopic (exact) mass is 260 g/mol. The van der Waals surface area contributed by atoms with Gasteiger partial charge < -0.3 is 5.11 Å². The number of carbonyl (C=O) groups is 1. The highest BCUT2D eigenvalue weighted by Crippen LogP contribution is 2.09. The van der Waals surface area contributed by atoms with Crippen molar-refractivity contribution in [3.63, 3.8) is 0 Å². The fourth-order valence-electron chi connectivity index (χ4n) is 1.42. The van der Waals surface area contributed by atoms with Gasteiger partial charge >= 0.3 is 5.97 Å². The third kappa shape index (κ3) is 4.18. The summed E-state index contributed by atoms with van der Waals surface area (Å²) in [5, 5.41) is 12.6. The zero-order valence-corrected chi connectivity index (χ0v) is 10.7. The van der Waals surface area contributed by atoms with Gasteiger partial charge in [-0.3, -0.25) is 9.48 Å². The van der Waals surface area contributed by atoms with Crippen molar-refractivity contribution in [2.24, 2.45) is 7.05 Å². The fraction of sp³-hybridized carbons (Fsp3) is 0.600. The molecule has 0 aliphatic heterocycles. The van der Waals surface area contributed by atoms with E-state index in [2.05, 4.69) is 5.10 Å². The van der Waals surface area contributed by atoms with Crippen LogP contribution in [-0.2, 0) is 33.9 Å². The molecule has 0 saturated carbocycles. The van der Waals surface area contributed by atoms with Crippen molar-refractivity contribution in [3.8, 4) is 0 Å². The molecule has 0 saturated heterocycles. The lowest BCUT2D eigenvalue weighted by molar-refractivity contribution is -0.136. The summed E-state index contributed by atoms with van der Waals surface area (Å²) in [7, 11) is -1.71. The molecular weight excluding hydrogens is 244 g/mol. The molecule has 7 heteroatoms. The molecule has 0 bridgehead atoms. The van der Waals surface area contributed by atoms with Gasteiger partial charge in [-0.1, -0.05) is 6.92 Å². The van der Waals surface area contributed by atoms with Crippen molar-refractivity contribution < 1.29 is 18.3 Å². The first-order valence-corrected chi connectivity index (χ1v) is 7.10. The maximum Gasteiger partial charge on any atom is 0.304 e. The number of hydrogen-bond donors (Lipinski definition) is 1. The van der Waals surface area contributed by atoms with Crippen molar-refractivity contribution >= 4 is 15.8 Å². The molecule has 6 nitrogen and oxygen atoms in total. The first-order chi connectivity index (χ1) is 7.84. The molecule has 1 N–H and O–H groups in total. The van der Waals surface area contributed by atoms with Crippen LogP contribution in [0.1, 0.15) is 24.7 Å². The van der Waals surface area contributed by atoms with Gasteiger partial charge in [-0.25, -0.2) is 8.42 Å². The highest BCUT2D eigenvalue weighted by atomic mass is 32.2.